The summed E-state index contributed by atoms with van der Waals surface area (Å²) in [7, 11) is 0. The number of aliphatic carboxylic acids is 1. The van der Waals surface area contributed by atoms with Gasteiger partial charge in [0.15, 0.2) is 0 Å². The maximum absolute atomic E-state index is 12.5. The third kappa shape index (κ3) is 3.85. The van der Waals surface area contributed by atoms with Gasteiger partial charge in [0.05, 0.1) is 17.1 Å². The summed E-state index contributed by atoms with van der Waals surface area (Å²) in [6.07, 6.45) is 3.45. The minimum absolute atomic E-state index is 0.0612. The van der Waals surface area contributed by atoms with Crippen LogP contribution < -0.4 is 0 Å². The van der Waals surface area contributed by atoms with Crippen molar-refractivity contribution in [1.82, 2.24) is 14.7 Å². The summed E-state index contributed by atoms with van der Waals surface area (Å²) in [6.45, 7) is 3.07. The molecule has 1 amide bonds. The van der Waals surface area contributed by atoms with E-state index < -0.39 is 11.9 Å². The van der Waals surface area contributed by atoms with Crippen LogP contribution in [-0.2, 0) is 16.1 Å². The van der Waals surface area contributed by atoms with E-state index in [0.29, 0.717) is 18.1 Å². The molecule has 2 aromatic rings. The van der Waals surface area contributed by atoms with E-state index in [4.69, 9.17) is 11.6 Å². The second kappa shape index (κ2) is 7.27. The molecule has 3 rings (SSSR count). The topological polar surface area (TPSA) is 75.4 Å². The van der Waals surface area contributed by atoms with Crippen molar-refractivity contribution in [3.8, 4) is 0 Å². The van der Waals surface area contributed by atoms with Crippen LogP contribution >= 0.6 is 11.6 Å². The first-order chi connectivity index (χ1) is 12.0. The van der Waals surface area contributed by atoms with Crippen LogP contribution in [-0.4, -0.2) is 44.8 Å². The summed E-state index contributed by atoms with van der Waals surface area (Å²) >= 11 is 5.81. The van der Waals surface area contributed by atoms with Crippen LogP contribution in [0.25, 0.3) is 0 Å². The minimum atomic E-state index is -0.859. The van der Waals surface area contributed by atoms with Crippen molar-refractivity contribution in [2.75, 3.05) is 13.1 Å². The molecular weight excluding hydrogens is 342 g/mol. The Labute approximate surface area is 151 Å². The van der Waals surface area contributed by atoms with E-state index in [1.54, 1.807) is 15.8 Å². The van der Waals surface area contributed by atoms with Crippen LogP contribution in [0.1, 0.15) is 23.5 Å². The number of amides is 1. The van der Waals surface area contributed by atoms with Gasteiger partial charge in [0.1, 0.15) is 0 Å². The lowest BCUT2D eigenvalue weighted by molar-refractivity contribution is -0.141. The van der Waals surface area contributed by atoms with Gasteiger partial charge in [0.25, 0.3) is 0 Å². The van der Waals surface area contributed by atoms with Gasteiger partial charge in [-0.1, -0.05) is 35.9 Å². The summed E-state index contributed by atoms with van der Waals surface area (Å²) in [5.74, 6) is -1.68. The van der Waals surface area contributed by atoms with Crippen molar-refractivity contribution < 1.29 is 14.7 Å². The average molecular weight is 362 g/mol. The van der Waals surface area contributed by atoms with Gasteiger partial charge in [-0.25, -0.2) is 0 Å². The summed E-state index contributed by atoms with van der Waals surface area (Å²) in [5.41, 5.74) is 2.06. The standard InChI is InChI=1S/C18H20ClN3O3/c1-12-4-2-3-5-14(12)15-10-21(11-16(15)18(24)25)17(23)6-7-22-9-13(19)8-20-22/h2-5,8-9,15-16H,6-7,10-11H2,1H3,(H,24,25). The fourth-order valence-corrected chi connectivity index (χ4v) is 3.56. The van der Waals surface area contributed by atoms with Crippen molar-refractivity contribution in [2.24, 2.45) is 5.92 Å². The van der Waals surface area contributed by atoms with Crippen molar-refractivity contribution >= 4 is 23.5 Å². The van der Waals surface area contributed by atoms with Crippen molar-refractivity contribution in [1.29, 1.82) is 0 Å². The number of carboxylic acid groups (broad SMARTS) is 1. The highest BCUT2D eigenvalue weighted by Crippen LogP contribution is 2.34. The molecule has 2 heterocycles. The third-order valence-corrected chi connectivity index (χ3v) is 4.93. The van der Waals surface area contributed by atoms with Crippen molar-refractivity contribution in [2.45, 2.75) is 25.8 Å². The number of hydrogen-bond donors (Lipinski definition) is 1. The molecule has 1 N–H and O–H groups in total. The van der Waals surface area contributed by atoms with Crippen LogP contribution in [0.2, 0.25) is 5.02 Å². The molecule has 0 saturated carbocycles. The lowest BCUT2D eigenvalue weighted by Crippen LogP contribution is -2.30. The molecule has 0 radical (unpaired) electrons. The van der Waals surface area contributed by atoms with Crippen LogP contribution in [0.15, 0.2) is 36.7 Å². The van der Waals surface area contributed by atoms with Gasteiger partial charge < -0.3 is 10.0 Å². The number of carboxylic acids is 1. The van der Waals surface area contributed by atoms with E-state index in [0.717, 1.165) is 11.1 Å². The Morgan fingerprint density at radius 1 is 1.32 bits per heavy atom. The molecular formula is C18H20ClN3O3. The van der Waals surface area contributed by atoms with Crippen LogP contribution in [0.4, 0.5) is 0 Å². The van der Waals surface area contributed by atoms with Crippen LogP contribution in [0.3, 0.4) is 0 Å². The van der Waals surface area contributed by atoms with Gasteiger partial charge in [0.2, 0.25) is 5.91 Å². The third-order valence-electron chi connectivity index (χ3n) is 4.73. The van der Waals surface area contributed by atoms with Crippen LogP contribution in [0, 0.1) is 12.8 Å². The maximum atomic E-state index is 12.5. The first-order valence-electron chi connectivity index (χ1n) is 8.19. The lowest BCUT2D eigenvalue weighted by atomic mass is 9.86. The monoisotopic (exact) mass is 361 g/mol. The number of aromatic nitrogens is 2. The summed E-state index contributed by atoms with van der Waals surface area (Å²) < 4.78 is 1.61. The number of rotatable bonds is 5. The van der Waals surface area contributed by atoms with E-state index in [1.807, 2.05) is 31.2 Å². The van der Waals surface area contributed by atoms with E-state index in [2.05, 4.69) is 5.10 Å². The van der Waals surface area contributed by atoms with Crippen molar-refractivity contribution in [3.63, 3.8) is 0 Å². The molecule has 0 spiro atoms. The number of carbonyl (C=O) groups excluding carboxylic acids is 1. The molecule has 6 nitrogen and oxygen atoms in total. The molecule has 1 aliphatic heterocycles. The minimum Gasteiger partial charge on any atom is -0.481 e. The number of benzene rings is 1. The van der Waals surface area contributed by atoms with E-state index in [1.165, 1.54) is 6.20 Å². The first-order valence-corrected chi connectivity index (χ1v) is 8.57. The molecule has 132 valence electrons. The number of halogens is 1. The van der Waals surface area contributed by atoms with Gasteiger partial charge in [-0.3, -0.25) is 14.3 Å². The number of carbonyl (C=O) groups is 2. The average Bonchev–Trinajstić information content (AvgIpc) is 3.19. The molecule has 1 fully saturated rings. The molecule has 2 unspecified atom stereocenters. The Bertz CT molecular complexity index is 789. The number of likely N-dealkylation sites (tertiary alicyclic amines) is 1. The zero-order valence-electron chi connectivity index (χ0n) is 13.9. The zero-order valence-corrected chi connectivity index (χ0v) is 14.7. The SMILES string of the molecule is Cc1ccccc1C1CN(C(=O)CCn2cc(Cl)cn2)CC1C(=O)O. The van der Waals surface area contributed by atoms with Gasteiger partial charge >= 0.3 is 5.97 Å². The molecule has 1 aliphatic rings. The quantitative estimate of drug-likeness (QED) is 0.888. The van der Waals surface area contributed by atoms with Gasteiger partial charge in [0, 0.05) is 38.2 Å². The maximum Gasteiger partial charge on any atom is 0.308 e. The molecule has 1 aromatic heterocycles. The largest absolute Gasteiger partial charge is 0.481 e. The molecule has 25 heavy (non-hydrogen) atoms. The molecule has 2 atom stereocenters. The molecule has 0 aliphatic carbocycles. The first kappa shape index (κ1) is 17.5. The zero-order chi connectivity index (χ0) is 18.0. The van der Waals surface area contributed by atoms with Gasteiger partial charge in [-0.05, 0) is 18.1 Å². The fourth-order valence-electron chi connectivity index (χ4n) is 3.40. The summed E-state index contributed by atoms with van der Waals surface area (Å²) in [4.78, 5) is 25.8. The highest BCUT2D eigenvalue weighted by Gasteiger charge is 2.40. The predicted octanol–water partition coefficient (Wildman–Crippen LogP) is 2.56. The Hall–Kier alpha value is -2.34. The Morgan fingerprint density at radius 2 is 2.08 bits per heavy atom. The van der Waals surface area contributed by atoms with Gasteiger partial charge in [-0.15, -0.1) is 0 Å². The number of nitrogens with zero attached hydrogens (tertiary/aromatic N) is 3. The lowest BCUT2D eigenvalue weighted by Gasteiger charge is -2.18. The smallest absolute Gasteiger partial charge is 0.308 e. The second-order valence-corrected chi connectivity index (χ2v) is 6.81. The van der Waals surface area contributed by atoms with Crippen molar-refractivity contribution in [3.05, 3.63) is 52.8 Å². The Balaban J connectivity index is 1.70. The Morgan fingerprint density at radius 3 is 2.72 bits per heavy atom. The van der Waals surface area contributed by atoms with Crippen LogP contribution in [0.5, 0.6) is 0 Å². The molecule has 1 aromatic carbocycles. The van der Waals surface area contributed by atoms with E-state index in [9.17, 15) is 14.7 Å². The highest BCUT2D eigenvalue weighted by atomic mass is 35.5. The molecule has 7 heteroatoms. The predicted molar refractivity (Wildman–Crippen MR) is 93.5 cm³/mol. The number of aryl methyl sites for hydroxylation is 2. The normalized spacial score (nSPS) is 20.0. The Kier molecular flexibility index (Phi) is 5.08. The van der Waals surface area contributed by atoms with E-state index >= 15 is 0 Å². The highest BCUT2D eigenvalue weighted by molar-refractivity contribution is 6.30. The fraction of sp³-hybridized carbons (Fsp3) is 0.389. The second-order valence-electron chi connectivity index (χ2n) is 6.38. The van der Waals surface area contributed by atoms with E-state index in [-0.39, 0.29) is 24.8 Å². The molecule has 1 saturated heterocycles. The summed E-state index contributed by atoms with van der Waals surface area (Å²) in [5, 5.41) is 14.2. The summed E-state index contributed by atoms with van der Waals surface area (Å²) in [6, 6.07) is 7.77. The van der Waals surface area contributed by atoms with Gasteiger partial charge in [-0.2, -0.15) is 5.10 Å². The number of hydrogen-bond acceptors (Lipinski definition) is 3. The molecule has 0 bridgehead atoms.